The number of aromatic nitrogens is 3. The molecule has 0 aliphatic carbocycles. The molecule has 0 aliphatic heterocycles. The van der Waals surface area contributed by atoms with Crippen LogP contribution in [0.15, 0.2) is 54.7 Å². The average Bonchev–Trinajstić information content (AvgIpc) is 3.21. The first-order chi connectivity index (χ1) is 14.5. The minimum atomic E-state index is -0.975. The number of ether oxygens (including phenoxy) is 2. The van der Waals surface area contributed by atoms with Crippen molar-refractivity contribution in [3.63, 3.8) is 0 Å². The minimum absolute atomic E-state index is 0.00474. The van der Waals surface area contributed by atoms with E-state index in [0.29, 0.717) is 5.69 Å². The molecule has 1 aromatic carbocycles. The van der Waals surface area contributed by atoms with E-state index in [1.807, 2.05) is 30.3 Å². The molecule has 1 unspecified atom stereocenters. The highest BCUT2D eigenvalue weighted by Gasteiger charge is 2.28. The monoisotopic (exact) mass is 410 g/mol. The summed E-state index contributed by atoms with van der Waals surface area (Å²) < 4.78 is 10.5. The van der Waals surface area contributed by atoms with Gasteiger partial charge in [-0.2, -0.15) is 5.10 Å². The molecule has 0 bridgehead atoms. The number of carbonyl (C=O) groups excluding carboxylic acids is 2. The maximum atomic E-state index is 13.0. The van der Waals surface area contributed by atoms with E-state index in [1.54, 1.807) is 24.4 Å². The number of carbonyl (C=O) groups is 2. The lowest BCUT2D eigenvalue weighted by Gasteiger charge is -2.20. The van der Waals surface area contributed by atoms with Crippen molar-refractivity contribution in [2.24, 2.45) is 0 Å². The Labute approximate surface area is 173 Å². The number of methoxy groups -OCH3 is 1. The summed E-state index contributed by atoms with van der Waals surface area (Å²) in [5, 5.41) is 16.8. The van der Waals surface area contributed by atoms with Gasteiger partial charge >= 0.3 is 5.97 Å². The Bertz CT molecular complexity index is 991. The van der Waals surface area contributed by atoms with Gasteiger partial charge in [-0.1, -0.05) is 36.4 Å². The third-order valence-electron chi connectivity index (χ3n) is 4.36. The van der Waals surface area contributed by atoms with Gasteiger partial charge in [-0.25, -0.2) is 4.79 Å². The summed E-state index contributed by atoms with van der Waals surface area (Å²) in [6.07, 6.45) is 0.588. The predicted octanol–water partition coefficient (Wildman–Crippen LogP) is 1.98. The number of esters is 1. The zero-order valence-corrected chi connectivity index (χ0v) is 16.6. The van der Waals surface area contributed by atoms with Gasteiger partial charge in [0.15, 0.2) is 11.4 Å². The maximum Gasteiger partial charge on any atom is 0.362 e. The second-order valence-electron chi connectivity index (χ2n) is 6.50. The fraction of sp³-hybridized carbons (Fsp3) is 0.238. The predicted molar refractivity (Wildman–Crippen MR) is 107 cm³/mol. The second-order valence-corrected chi connectivity index (χ2v) is 6.50. The fourth-order valence-electron chi connectivity index (χ4n) is 2.78. The molecule has 0 saturated heterocycles. The summed E-state index contributed by atoms with van der Waals surface area (Å²) in [6, 6.07) is 14.5. The molecule has 0 aliphatic rings. The standard InChI is InChI=1S/C21H22N4O5/c1-25(12-16(26)15-10-6-7-11-22-15)20(27)17-19(18(24-23-17)21(28)29-2)30-13-14-8-4-3-5-9-14/h3-11,16,26H,12-13H2,1-2H3,(H,23,24). The van der Waals surface area contributed by atoms with Gasteiger partial charge in [0.25, 0.3) is 5.91 Å². The number of hydrogen-bond donors (Lipinski definition) is 2. The molecule has 156 valence electrons. The van der Waals surface area contributed by atoms with Crippen LogP contribution >= 0.6 is 0 Å². The normalized spacial score (nSPS) is 11.6. The van der Waals surface area contributed by atoms with Gasteiger partial charge in [0.05, 0.1) is 19.3 Å². The van der Waals surface area contributed by atoms with E-state index in [2.05, 4.69) is 15.2 Å². The van der Waals surface area contributed by atoms with E-state index in [-0.39, 0.29) is 30.3 Å². The summed E-state index contributed by atoms with van der Waals surface area (Å²) >= 11 is 0. The molecule has 9 heteroatoms. The SMILES string of the molecule is COC(=O)c1n[nH]c(C(=O)N(C)CC(O)c2ccccn2)c1OCc1ccccc1. The van der Waals surface area contributed by atoms with Crippen LogP contribution in [0, 0.1) is 0 Å². The lowest BCUT2D eigenvalue weighted by Crippen LogP contribution is -2.32. The van der Waals surface area contributed by atoms with Crippen molar-refractivity contribution < 1.29 is 24.2 Å². The molecule has 2 heterocycles. The summed E-state index contributed by atoms with van der Waals surface area (Å²) in [4.78, 5) is 30.4. The van der Waals surface area contributed by atoms with Gasteiger partial charge in [-0.05, 0) is 17.7 Å². The van der Waals surface area contributed by atoms with Crippen LogP contribution in [-0.2, 0) is 11.3 Å². The number of nitrogens with one attached hydrogen (secondary N) is 1. The van der Waals surface area contributed by atoms with Crippen LogP contribution in [0.2, 0.25) is 0 Å². The number of rotatable bonds is 8. The Kier molecular flexibility index (Phi) is 6.76. The topological polar surface area (TPSA) is 118 Å². The van der Waals surface area contributed by atoms with Gasteiger partial charge in [0, 0.05) is 13.2 Å². The van der Waals surface area contributed by atoms with Crippen LogP contribution in [0.25, 0.3) is 0 Å². The molecule has 3 aromatic rings. The lowest BCUT2D eigenvalue weighted by atomic mass is 10.2. The van der Waals surface area contributed by atoms with Gasteiger partial charge in [-0.3, -0.25) is 14.9 Å². The quantitative estimate of drug-likeness (QED) is 0.545. The summed E-state index contributed by atoms with van der Waals surface area (Å²) in [6.45, 7) is 0.117. The first-order valence-electron chi connectivity index (χ1n) is 9.19. The third-order valence-corrected chi connectivity index (χ3v) is 4.36. The summed E-state index contributed by atoms with van der Waals surface area (Å²) in [5.41, 5.74) is 1.15. The van der Waals surface area contributed by atoms with Crippen LogP contribution in [-0.4, -0.2) is 57.8 Å². The van der Waals surface area contributed by atoms with Crippen LogP contribution < -0.4 is 4.74 Å². The molecule has 0 spiro atoms. The van der Waals surface area contributed by atoms with Crippen LogP contribution in [0.5, 0.6) is 5.75 Å². The highest BCUT2D eigenvalue weighted by Crippen LogP contribution is 2.25. The molecule has 0 saturated carbocycles. The van der Waals surface area contributed by atoms with Crippen molar-refractivity contribution in [3.8, 4) is 5.75 Å². The number of hydrogen-bond acceptors (Lipinski definition) is 7. The van der Waals surface area contributed by atoms with Crippen molar-refractivity contribution in [3.05, 3.63) is 77.4 Å². The minimum Gasteiger partial charge on any atom is -0.484 e. The molecule has 30 heavy (non-hydrogen) atoms. The van der Waals surface area contributed by atoms with E-state index >= 15 is 0 Å². The third kappa shape index (κ3) is 4.81. The van der Waals surface area contributed by atoms with Crippen LogP contribution in [0.1, 0.15) is 38.3 Å². The summed E-state index contributed by atoms with van der Waals surface area (Å²) in [5.74, 6) is -1.24. The molecular formula is C21H22N4O5. The molecule has 2 aromatic heterocycles. The number of benzene rings is 1. The highest BCUT2D eigenvalue weighted by atomic mass is 16.5. The highest BCUT2D eigenvalue weighted by molar-refractivity contribution is 6.00. The van der Waals surface area contributed by atoms with Crippen LogP contribution in [0.3, 0.4) is 0 Å². The molecule has 1 atom stereocenters. The number of H-pyrrole nitrogens is 1. The Hall–Kier alpha value is -3.72. The zero-order chi connectivity index (χ0) is 21.5. The first kappa shape index (κ1) is 21.0. The zero-order valence-electron chi connectivity index (χ0n) is 16.6. The average molecular weight is 410 g/mol. The fourth-order valence-corrected chi connectivity index (χ4v) is 2.78. The molecule has 1 amide bonds. The number of aliphatic hydroxyl groups is 1. The van der Waals surface area contributed by atoms with Gasteiger partial charge in [0.1, 0.15) is 12.7 Å². The van der Waals surface area contributed by atoms with E-state index in [0.717, 1.165) is 5.56 Å². The molecule has 2 N–H and O–H groups in total. The first-order valence-corrected chi connectivity index (χ1v) is 9.19. The number of nitrogens with zero attached hydrogens (tertiary/aromatic N) is 3. The smallest absolute Gasteiger partial charge is 0.362 e. The largest absolute Gasteiger partial charge is 0.484 e. The molecule has 9 nitrogen and oxygen atoms in total. The van der Waals surface area contributed by atoms with Crippen molar-refractivity contribution in [2.75, 3.05) is 20.7 Å². The van der Waals surface area contributed by atoms with Crippen LogP contribution in [0.4, 0.5) is 0 Å². The van der Waals surface area contributed by atoms with Crippen molar-refractivity contribution in [1.29, 1.82) is 0 Å². The number of aliphatic hydroxyl groups excluding tert-OH is 1. The Morgan fingerprint density at radius 3 is 2.57 bits per heavy atom. The van der Waals surface area contributed by atoms with Crippen molar-refractivity contribution in [2.45, 2.75) is 12.7 Å². The van der Waals surface area contributed by atoms with E-state index in [4.69, 9.17) is 9.47 Å². The van der Waals surface area contributed by atoms with E-state index in [9.17, 15) is 14.7 Å². The lowest BCUT2D eigenvalue weighted by molar-refractivity contribution is 0.0588. The van der Waals surface area contributed by atoms with Gasteiger partial charge < -0.3 is 19.5 Å². The molecule has 0 radical (unpaired) electrons. The summed E-state index contributed by atoms with van der Waals surface area (Å²) in [7, 11) is 2.74. The second kappa shape index (κ2) is 9.66. The number of aromatic amines is 1. The van der Waals surface area contributed by atoms with Crippen molar-refractivity contribution in [1.82, 2.24) is 20.1 Å². The van der Waals surface area contributed by atoms with E-state index < -0.39 is 18.0 Å². The Balaban J connectivity index is 1.80. The Morgan fingerprint density at radius 1 is 1.17 bits per heavy atom. The maximum absolute atomic E-state index is 13.0. The van der Waals surface area contributed by atoms with Crippen molar-refractivity contribution >= 4 is 11.9 Å². The molecule has 0 fully saturated rings. The number of pyridine rings is 1. The van der Waals surface area contributed by atoms with E-state index in [1.165, 1.54) is 19.1 Å². The number of likely N-dealkylation sites (N-methyl/N-ethyl adjacent to an activating group) is 1. The molecule has 3 rings (SSSR count). The van der Waals surface area contributed by atoms with Gasteiger partial charge in [0.2, 0.25) is 5.69 Å². The Morgan fingerprint density at radius 2 is 1.90 bits per heavy atom. The molecular weight excluding hydrogens is 388 g/mol. The number of amides is 1. The van der Waals surface area contributed by atoms with Gasteiger partial charge in [-0.15, -0.1) is 0 Å².